The first-order valence-electron chi connectivity index (χ1n) is 7.37. The molecular weight excluding hydrogens is 314 g/mol. The molecule has 0 fully saturated rings. The molecule has 0 spiro atoms. The summed E-state index contributed by atoms with van der Waals surface area (Å²) in [5.74, 6) is -0.239. The van der Waals surface area contributed by atoms with Gasteiger partial charge < -0.3 is 14.7 Å². The largest absolute Gasteiger partial charge is 0.496 e. The van der Waals surface area contributed by atoms with Gasteiger partial charge in [0.1, 0.15) is 10.6 Å². The van der Waals surface area contributed by atoms with Crippen LogP contribution in [-0.4, -0.2) is 42.1 Å². The predicted octanol–water partition coefficient (Wildman–Crippen LogP) is 2.70. The van der Waals surface area contributed by atoms with Crippen molar-refractivity contribution >= 4 is 23.2 Å². The summed E-state index contributed by atoms with van der Waals surface area (Å²) in [7, 11) is 1.66. The second-order valence-electron chi connectivity index (χ2n) is 5.36. The van der Waals surface area contributed by atoms with Crippen LogP contribution in [0, 0.1) is 0 Å². The summed E-state index contributed by atoms with van der Waals surface area (Å²) in [5, 5.41) is 8.98. The molecule has 0 unspecified atom stereocenters. The van der Waals surface area contributed by atoms with Crippen molar-refractivity contribution in [2.45, 2.75) is 12.8 Å². The molecule has 1 aliphatic rings. The number of fused-ring (bicyclic) bond motifs is 1. The molecule has 0 radical (unpaired) electrons. The van der Waals surface area contributed by atoms with E-state index in [0.29, 0.717) is 18.0 Å². The molecule has 120 valence electrons. The highest BCUT2D eigenvalue weighted by Crippen LogP contribution is 2.27. The smallest absolute Gasteiger partial charge is 0.345 e. The van der Waals surface area contributed by atoms with Crippen LogP contribution < -0.4 is 4.74 Å². The third-order valence-corrected chi connectivity index (χ3v) is 5.11. The monoisotopic (exact) mass is 331 g/mol. The molecule has 0 bridgehead atoms. The molecule has 1 N–H and O–H groups in total. The summed E-state index contributed by atoms with van der Waals surface area (Å²) in [6.45, 7) is 1.23. The van der Waals surface area contributed by atoms with Crippen molar-refractivity contribution in [1.29, 1.82) is 0 Å². The summed E-state index contributed by atoms with van der Waals surface area (Å²) in [5.41, 5.74) is 2.36. The third kappa shape index (κ3) is 3.07. The zero-order valence-corrected chi connectivity index (χ0v) is 13.6. The Morgan fingerprint density at radius 1 is 1.13 bits per heavy atom. The Labute approximate surface area is 138 Å². The van der Waals surface area contributed by atoms with Crippen molar-refractivity contribution in [3.05, 3.63) is 51.2 Å². The van der Waals surface area contributed by atoms with Crippen LogP contribution in [0.5, 0.6) is 5.75 Å². The van der Waals surface area contributed by atoms with Gasteiger partial charge in [0.15, 0.2) is 0 Å². The van der Waals surface area contributed by atoms with Crippen LogP contribution in [0.3, 0.4) is 0 Å². The van der Waals surface area contributed by atoms with Crippen molar-refractivity contribution in [3.63, 3.8) is 0 Å². The lowest BCUT2D eigenvalue weighted by Crippen LogP contribution is -2.32. The van der Waals surface area contributed by atoms with Gasteiger partial charge in [-0.25, -0.2) is 4.79 Å². The first kappa shape index (κ1) is 15.6. The number of hydrogen-bond acceptors (Lipinski definition) is 4. The van der Waals surface area contributed by atoms with E-state index in [4.69, 9.17) is 9.84 Å². The molecule has 2 aromatic rings. The van der Waals surface area contributed by atoms with Gasteiger partial charge in [0.05, 0.1) is 12.0 Å². The van der Waals surface area contributed by atoms with Gasteiger partial charge in [0, 0.05) is 13.1 Å². The number of nitrogens with zero attached hydrogens (tertiary/aromatic N) is 1. The number of carboxylic acids is 1. The van der Waals surface area contributed by atoms with E-state index in [0.717, 1.165) is 35.5 Å². The van der Waals surface area contributed by atoms with Crippen LogP contribution in [0.4, 0.5) is 0 Å². The first-order chi connectivity index (χ1) is 11.1. The summed E-state index contributed by atoms with van der Waals surface area (Å²) in [4.78, 5) is 26.0. The van der Waals surface area contributed by atoms with Crippen molar-refractivity contribution in [2.24, 2.45) is 0 Å². The lowest BCUT2D eigenvalue weighted by molar-refractivity contribution is 0.0701. The Balaban J connectivity index is 1.78. The number of amides is 1. The molecular formula is C17H17NO4S. The van der Waals surface area contributed by atoms with Crippen LogP contribution in [0.2, 0.25) is 0 Å². The summed E-state index contributed by atoms with van der Waals surface area (Å²) < 4.78 is 5.41. The minimum Gasteiger partial charge on any atom is -0.496 e. The van der Waals surface area contributed by atoms with Crippen molar-refractivity contribution < 1.29 is 19.4 Å². The third-order valence-electron chi connectivity index (χ3n) is 4.05. The zero-order chi connectivity index (χ0) is 16.4. The maximum Gasteiger partial charge on any atom is 0.345 e. The van der Waals surface area contributed by atoms with Gasteiger partial charge in [-0.05, 0) is 42.2 Å². The minimum absolute atomic E-state index is 0.103. The topological polar surface area (TPSA) is 66.8 Å². The van der Waals surface area contributed by atoms with E-state index in [1.807, 2.05) is 12.1 Å². The average Bonchev–Trinajstić information content (AvgIpc) is 2.95. The lowest BCUT2D eigenvalue weighted by Gasteiger charge is -2.19. The van der Waals surface area contributed by atoms with Gasteiger partial charge in [-0.15, -0.1) is 11.3 Å². The highest BCUT2D eigenvalue weighted by Gasteiger charge is 2.23. The van der Waals surface area contributed by atoms with E-state index >= 15 is 0 Å². The fourth-order valence-corrected chi connectivity index (χ4v) is 3.67. The van der Waals surface area contributed by atoms with E-state index in [9.17, 15) is 9.59 Å². The van der Waals surface area contributed by atoms with Gasteiger partial charge >= 0.3 is 5.97 Å². The Morgan fingerprint density at radius 2 is 1.87 bits per heavy atom. The molecule has 1 aromatic heterocycles. The quantitative estimate of drug-likeness (QED) is 0.939. The molecule has 1 amide bonds. The van der Waals surface area contributed by atoms with E-state index in [1.54, 1.807) is 18.1 Å². The highest BCUT2D eigenvalue weighted by atomic mass is 32.1. The first-order valence-corrected chi connectivity index (χ1v) is 8.19. The normalized spacial score (nSPS) is 14.0. The van der Waals surface area contributed by atoms with Crippen LogP contribution in [0.1, 0.15) is 30.5 Å². The maximum absolute atomic E-state index is 12.6. The SMILES string of the molecule is COc1cccc2c1CCN(C(=O)c1ccc(C(=O)O)s1)CC2. The van der Waals surface area contributed by atoms with Crippen molar-refractivity contribution in [3.8, 4) is 5.75 Å². The number of carbonyl (C=O) groups is 2. The number of carboxylic acid groups (broad SMARTS) is 1. The van der Waals surface area contributed by atoms with Crippen LogP contribution in [0.25, 0.3) is 0 Å². The second-order valence-corrected chi connectivity index (χ2v) is 6.44. The maximum atomic E-state index is 12.6. The fraction of sp³-hybridized carbons (Fsp3) is 0.294. The number of ether oxygens (including phenoxy) is 1. The Morgan fingerprint density at radius 3 is 2.57 bits per heavy atom. The standard InChI is InChI=1S/C17H17NO4S/c1-22-13-4-2-3-11-7-9-18(10-8-12(11)13)16(19)14-5-6-15(23-14)17(20)21/h2-6H,7-10H2,1H3,(H,20,21). The number of rotatable bonds is 3. The average molecular weight is 331 g/mol. The Kier molecular flexibility index (Phi) is 4.34. The van der Waals surface area contributed by atoms with Gasteiger partial charge in [-0.3, -0.25) is 4.79 Å². The molecule has 5 nitrogen and oxygen atoms in total. The summed E-state index contributed by atoms with van der Waals surface area (Å²) >= 11 is 1.03. The summed E-state index contributed by atoms with van der Waals surface area (Å²) in [6.07, 6.45) is 1.51. The number of methoxy groups -OCH3 is 1. The van der Waals surface area contributed by atoms with E-state index in [-0.39, 0.29) is 10.8 Å². The van der Waals surface area contributed by atoms with Gasteiger partial charge in [0.2, 0.25) is 0 Å². The molecule has 2 heterocycles. The molecule has 6 heteroatoms. The van der Waals surface area contributed by atoms with Crippen LogP contribution in [0.15, 0.2) is 30.3 Å². The van der Waals surface area contributed by atoms with E-state index in [1.165, 1.54) is 11.6 Å². The molecule has 3 rings (SSSR count). The molecule has 1 aliphatic heterocycles. The number of aromatic carboxylic acids is 1. The van der Waals surface area contributed by atoms with E-state index < -0.39 is 5.97 Å². The molecule has 0 saturated carbocycles. The number of benzene rings is 1. The Hall–Kier alpha value is -2.34. The molecule has 0 saturated heterocycles. The van der Waals surface area contributed by atoms with E-state index in [2.05, 4.69) is 6.07 Å². The second kappa shape index (κ2) is 6.42. The number of carbonyl (C=O) groups excluding carboxylic acids is 1. The van der Waals surface area contributed by atoms with Crippen LogP contribution >= 0.6 is 11.3 Å². The molecule has 1 aromatic carbocycles. The van der Waals surface area contributed by atoms with Crippen molar-refractivity contribution in [2.75, 3.05) is 20.2 Å². The molecule has 0 aliphatic carbocycles. The molecule has 23 heavy (non-hydrogen) atoms. The zero-order valence-electron chi connectivity index (χ0n) is 12.7. The predicted molar refractivity (Wildman–Crippen MR) is 87.6 cm³/mol. The lowest BCUT2D eigenvalue weighted by atomic mass is 10.0. The minimum atomic E-state index is -0.998. The highest BCUT2D eigenvalue weighted by molar-refractivity contribution is 7.15. The summed E-state index contributed by atoms with van der Waals surface area (Å²) in [6, 6.07) is 9.05. The number of thiophene rings is 1. The van der Waals surface area contributed by atoms with Gasteiger partial charge in [-0.2, -0.15) is 0 Å². The number of hydrogen-bond donors (Lipinski definition) is 1. The Bertz CT molecular complexity index is 753. The van der Waals surface area contributed by atoms with Crippen molar-refractivity contribution in [1.82, 2.24) is 4.90 Å². The van der Waals surface area contributed by atoms with Gasteiger partial charge in [-0.1, -0.05) is 12.1 Å². The molecule has 0 atom stereocenters. The fourth-order valence-electron chi connectivity index (χ4n) is 2.86. The van der Waals surface area contributed by atoms with Gasteiger partial charge in [0.25, 0.3) is 5.91 Å². The van der Waals surface area contributed by atoms with Crippen LogP contribution in [-0.2, 0) is 12.8 Å².